The van der Waals surface area contributed by atoms with E-state index in [-0.39, 0.29) is 19.0 Å². The molecule has 3 rings (SSSR count). The summed E-state index contributed by atoms with van der Waals surface area (Å²) in [5, 5.41) is 2.71. The van der Waals surface area contributed by atoms with Gasteiger partial charge in [0.1, 0.15) is 12.4 Å². The predicted molar refractivity (Wildman–Crippen MR) is 122 cm³/mol. The highest BCUT2D eigenvalue weighted by Crippen LogP contribution is 2.24. The van der Waals surface area contributed by atoms with Crippen LogP contribution in [0.5, 0.6) is 5.75 Å². The molecule has 8 heteroatoms. The summed E-state index contributed by atoms with van der Waals surface area (Å²) in [6.45, 7) is 1.94. The maximum absolute atomic E-state index is 12.0. The van der Waals surface area contributed by atoms with Crippen molar-refractivity contribution in [3.8, 4) is 5.75 Å². The van der Waals surface area contributed by atoms with Crippen molar-refractivity contribution in [2.75, 3.05) is 24.3 Å². The number of carbonyl (C=O) groups is 2. The molecule has 0 fully saturated rings. The molecule has 0 saturated heterocycles. The Morgan fingerprint density at radius 3 is 2.38 bits per heavy atom. The second-order valence-corrected chi connectivity index (χ2v) is 7.26. The van der Waals surface area contributed by atoms with Crippen molar-refractivity contribution in [1.82, 2.24) is 9.97 Å². The Hall–Kier alpha value is -3.94. The quantitative estimate of drug-likeness (QED) is 0.531. The van der Waals surface area contributed by atoms with Gasteiger partial charge in [-0.2, -0.15) is 0 Å². The van der Waals surface area contributed by atoms with Crippen LogP contribution in [0.3, 0.4) is 0 Å². The van der Waals surface area contributed by atoms with E-state index in [2.05, 4.69) is 15.3 Å². The zero-order valence-corrected chi connectivity index (χ0v) is 18.4. The van der Waals surface area contributed by atoms with Crippen molar-refractivity contribution in [3.63, 3.8) is 0 Å². The molecule has 32 heavy (non-hydrogen) atoms. The van der Waals surface area contributed by atoms with Crippen molar-refractivity contribution in [1.29, 1.82) is 0 Å². The van der Waals surface area contributed by atoms with Crippen LogP contribution in [0.1, 0.15) is 30.3 Å². The first-order chi connectivity index (χ1) is 15.4. The van der Waals surface area contributed by atoms with Gasteiger partial charge in [-0.05, 0) is 23.3 Å². The Labute approximate surface area is 187 Å². The molecular weight excluding hydrogens is 408 g/mol. The third-order valence-corrected chi connectivity index (χ3v) is 4.50. The zero-order chi connectivity index (χ0) is 22.9. The lowest BCUT2D eigenvalue weighted by atomic mass is 10.1. The van der Waals surface area contributed by atoms with Crippen LogP contribution >= 0.6 is 0 Å². The lowest BCUT2D eigenvalue weighted by molar-refractivity contribution is -0.134. The van der Waals surface area contributed by atoms with Gasteiger partial charge in [-0.3, -0.25) is 10.1 Å². The SMILES string of the molecule is CCC(=O)Oc1cnc(Cc2ccc(NC(=O)OCc3ccccc3)cc2)nc1N(C)C. The van der Waals surface area contributed by atoms with Gasteiger partial charge >= 0.3 is 12.1 Å². The number of anilines is 2. The molecule has 2 aromatic carbocycles. The average molecular weight is 434 g/mol. The summed E-state index contributed by atoms with van der Waals surface area (Å²) >= 11 is 0. The summed E-state index contributed by atoms with van der Waals surface area (Å²) in [6.07, 6.45) is 1.76. The second kappa shape index (κ2) is 10.9. The minimum atomic E-state index is -0.516. The van der Waals surface area contributed by atoms with Crippen LogP contribution in [-0.2, 0) is 22.6 Å². The Bertz CT molecular complexity index is 1050. The Morgan fingerprint density at radius 2 is 1.72 bits per heavy atom. The van der Waals surface area contributed by atoms with E-state index in [0.29, 0.717) is 29.5 Å². The molecule has 0 unspecified atom stereocenters. The molecule has 0 aliphatic heterocycles. The number of esters is 1. The maximum Gasteiger partial charge on any atom is 0.411 e. The van der Waals surface area contributed by atoms with Crippen LogP contribution in [0.15, 0.2) is 60.8 Å². The largest absolute Gasteiger partial charge is 0.444 e. The van der Waals surface area contributed by atoms with Gasteiger partial charge in [0.15, 0.2) is 11.6 Å². The number of nitrogens with one attached hydrogen (secondary N) is 1. The monoisotopic (exact) mass is 434 g/mol. The second-order valence-electron chi connectivity index (χ2n) is 7.26. The molecule has 0 saturated carbocycles. The fourth-order valence-electron chi connectivity index (χ4n) is 2.84. The molecule has 1 N–H and O–H groups in total. The first-order valence-corrected chi connectivity index (χ1v) is 10.2. The normalized spacial score (nSPS) is 10.3. The summed E-state index contributed by atoms with van der Waals surface area (Å²) in [5.41, 5.74) is 2.52. The highest BCUT2D eigenvalue weighted by molar-refractivity contribution is 5.84. The molecule has 0 spiro atoms. The Balaban J connectivity index is 1.59. The number of nitrogens with zero attached hydrogens (tertiary/aromatic N) is 3. The van der Waals surface area contributed by atoms with Gasteiger partial charge in [0.25, 0.3) is 0 Å². The van der Waals surface area contributed by atoms with Crippen LogP contribution in [0.25, 0.3) is 0 Å². The first kappa shape index (κ1) is 22.7. The van der Waals surface area contributed by atoms with E-state index >= 15 is 0 Å². The van der Waals surface area contributed by atoms with Gasteiger partial charge in [0.2, 0.25) is 0 Å². The lowest BCUT2D eigenvalue weighted by Gasteiger charge is -2.16. The first-order valence-electron chi connectivity index (χ1n) is 10.2. The third-order valence-electron chi connectivity index (χ3n) is 4.50. The highest BCUT2D eigenvalue weighted by atomic mass is 16.5. The molecule has 166 valence electrons. The van der Waals surface area contributed by atoms with E-state index in [1.165, 1.54) is 6.20 Å². The van der Waals surface area contributed by atoms with Gasteiger partial charge < -0.3 is 14.4 Å². The number of amides is 1. The maximum atomic E-state index is 12.0. The van der Waals surface area contributed by atoms with Crippen molar-refractivity contribution in [3.05, 3.63) is 77.7 Å². The van der Waals surface area contributed by atoms with Crippen LogP contribution in [0.4, 0.5) is 16.3 Å². The van der Waals surface area contributed by atoms with Gasteiger partial charge in [-0.1, -0.05) is 49.4 Å². The molecule has 8 nitrogen and oxygen atoms in total. The number of hydrogen-bond donors (Lipinski definition) is 1. The van der Waals surface area contributed by atoms with Gasteiger partial charge in [-0.25, -0.2) is 14.8 Å². The summed E-state index contributed by atoms with van der Waals surface area (Å²) in [7, 11) is 3.65. The van der Waals surface area contributed by atoms with Crippen molar-refractivity contribution in [2.24, 2.45) is 0 Å². The van der Waals surface area contributed by atoms with Crippen molar-refractivity contribution in [2.45, 2.75) is 26.4 Å². The van der Waals surface area contributed by atoms with Crippen LogP contribution in [-0.4, -0.2) is 36.1 Å². The van der Waals surface area contributed by atoms with E-state index in [1.807, 2.05) is 56.6 Å². The van der Waals surface area contributed by atoms with E-state index in [4.69, 9.17) is 9.47 Å². The Morgan fingerprint density at radius 1 is 1.00 bits per heavy atom. The fraction of sp³-hybridized carbons (Fsp3) is 0.250. The van der Waals surface area contributed by atoms with Gasteiger partial charge in [0.05, 0.1) is 6.20 Å². The molecule has 0 aliphatic carbocycles. The molecule has 0 bridgehead atoms. The van der Waals surface area contributed by atoms with E-state index in [9.17, 15) is 9.59 Å². The third kappa shape index (κ3) is 6.53. The number of aromatic nitrogens is 2. The zero-order valence-electron chi connectivity index (χ0n) is 18.4. The van der Waals surface area contributed by atoms with Crippen molar-refractivity contribution >= 4 is 23.6 Å². The number of rotatable bonds is 8. The molecule has 0 radical (unpaired) electrons. The molecule has 0 atom stereocenters. The van der Waals surface area contributed by atoms with Crippen LogP contribution in [0, 0.1) is 0 Å². The van der Waals surface area contributed by atoms with Crippen LogP contribution < -0.4 is 15.0 Å². The van der Waals surface area contributed by atoms with E-state index < -0.39 is 6.09 Å². The summed E-state index contributed by atoms with van der Waals surface area (Å²) in [5.74, 6) is 1.12. The topological polar surface area (TPSA) is 93.6 Å². The molecular formula is C24H26N4O4. The molecule has 1 aromatic heterocycles. The number of benzene rings is 2. The van der Waals surface area contributed by atoms with Crippen LogP contribution in [0.2, 0.25) is 0 Å². The molecule has 0 aliphatic rings. The summed E-state index contributed by atoms with van der Waals surface area (Å²) in [4.78, 5) is 34.2. The Kier molecular flexibility index (Phi) is 7.75. The fourth-order valence-corrected chi connectivity index (χ4v) is 2.84. The molecule has 3 aromatic rings. The predicted octanol–water partition coefficient (Wildman–Crippen LogP) is 4.20. The number of ether oxygens (including phenoxy) is 2. The van der Waals surface area contributed by atoms with E-state index in [0.717, 1.165) is 11.1 Å². The average Bonchev–Trinajstić information content (AvgIpc) is 2.80. The highest BCUT2D eigenvalue weighted by Gasteiger charge is 2.14. The standard InChI is InChI=1S/C24H26N4O4/c1-4-22(29)32-20-15-25-21(27-23(20)28(2)3)14-17-10-12-19(13-11-17)26-24(30)31-16-18-8-6-5-7-9-18/h5-13,15H,4,14,16H2,1-3H3,(H,26,30). The van der Waals surface area contributed by atoms with Gasteiger partial charge in [0, 0.05) is 32.6 Å². The van der Waals surface area contributed by atoms with Crippen molar-refractivity contribution < 1.29 is 19.1 Å². The smallest absolute Gasteiger partial charge is 0.411 e. The number of carbonyl (C=O) groups excluding carboxylic acids is 2. The lowest BCUT2D eigenvalue weighted by Crippen LogP contribution is -2.16. The minimum absolute atomic E-state index is 0.208. The molecule has 1 amide bonds. The molecule has 1 heterocycles. The summed E-state index contributed by atoms with van der Waals surface area (Å²) in [6, 6.07) is 16.9. The van der Waals surface area contributed by atoms with Gasteiger partial charge in [-0.15, -0.1) is 0 Å². The minimum Gasteiger partial charge on any atom is -0.444 e. The van der Waals surface area contributed by atoms with E-state index in [1.54, 1.807) is 24.0 Å². The summed E-state index contributed by atoms with van der Waals surface area (Å²) < 4.78 is 10.5. The number of hydrogen-bond acceptors (Lipinski definition) is 7.